The van der Waals surface area contributed by atoms with E-state index in [0.29, 0.717) is 44.4 Å². The highest BCUT2D eigenvalue weighted by Gasteiger charge is 2.26. The average Bonchev–Trinajstić information content (AvgIpc) is 3.72. The number of aryl methyl sites for hydroxylation is 2. The Bertz CT molecular complexity index is 1480. The standard InChI is InChI=1S/C28H38N6O5S/c1-4-24-22(26(32-19-10-12-39-13-11-19)23-17-30-34(5-2)27(23)33-24)16-29-28(35)21-14-20(8-9-25(21)38-3)40(36,37)31-15-18-6-7-18/h8-9,14,17-19,31H,4-7,10-13,15-16H2,1-3H3,(H,29,35)(H,32,33). The maximum atomic E-state index is 13.5. The second kappa shape index (κ2) is 12.1. The van der Waals surface area contributed by atoms with Crippen LogP contribution in [0.2, 0.25) is 0 Å². The Kier molecular flexibility index (Phi) is 8.57. The third-order valence-corrected chi connectivity index (χ3v) is 9.01. The molecule has 1 aromatic carbocycles. The number of benzene rings is 1. The molecule has 0 spiro atoms. The van der Waals surface area contributed by atoms with E-state index in [-0.39, 0.29) is 23.0 Å². The Morgan fingerprint density at radius 2 is 1.95 bits per heavy atom. The predicted molar refractivity (Wildman–Crippen MR) is 152 cm³/mol. The number of methoxy groups -OCH3 is 1. The quantitative estimate of drug-likeness (QED) is 0.302. The fraction of sp³-hybridized carbons (Fsp3) is 0.536. The largest absolute Gasteiger partial charge is 0.496 e. The summed E-state index contributed by atoms with van der Waals surface area (Å²) in [6.07, 6.45) is 6.32. The highest BCUT2D eigenvalue weighted by Crippen LogP contribution is 2.32. The first-order valence-corrected chi connectivity index (χ1v) is 15.5. The monoisotopic (exact) mass is 570 g/mol. The fourth-order valence-corrected chi connectivity index (χ4v) is 6.17. The summed E-state index contributed by atoms with van der Waals surface area (Å²) in [6.45, 7) is 6.76. The first-order chi connectivity index (χ1) is 19.3. The molecule has 216 valence electrons. The zero-order chi connectivity index (χ0) is 28.3. The van der Waals surface area contributed by atoms with Crippen molar-refractivity contribution in [2.75, 3.05) is 32.2 Å². The third-order valence-electron chi connectivity index (χ3n) is 7.59. The summed E-state index contributed by atoms with van der Waals surface area (Å²) in [4.78, 5) is 18.4. The van der Waals surface area contributed by atoms with Crippen LogP contribution in [0.25, 0.3) is 11.0 Å². The van der Waals surface area contributed by atoms with Crippen LogP contribution in [0.15, 0.2) is 29.3 Å². The van der Waals surface area contributed by atoms with Crippen molar-refractivity contribution in [3.63, 3.8) is 0 Å². The first kappa shape index (κ1) is 28.3. The van der Waals surface area contributed by atoms with Crippen molar-refractivity contribution < 1.29 is 22.7 Å². The molecule has 3 heterocycles. The minimum atomic E-state index is -3.75. The topological polar surface area (TPSA) is 136 Å². The second-order valence-corrected chi connectivity index (χ2v) is 12.1. The summed E-state index contributed by atoms with van der Waals surface area (Å²) in [5.41, 5.74) is 3.63. The molecule has 2 fully saturated rings. The molecule has 1 aliphatic heterocycles. The smallest absolute Gasteiger partial charge is 0.255 e. The average molecular weight is 571 g/mol. The number of anilines is 1. The van der Waals surface area contributed by atoms with Crippen molar-refractivity contribution in [3.8, 4) is 5.75 Å². The van der Waals surface area contributed by atoms with E-state index in [1.807, 2.05) is 24.7 Å². The molecule has 1 saturated carbocycles. The Hall–Kier alpha value is -3.22. The summed E-state index contributed by atoms with van der Waals surface area (Å²) in [6, 6.07) is 4.58. The van der Waals surface area contributed by atoms with E-state index in [9.17, 15) is 13.2 Å². The predicted octanol–water partition coefficient (Wildman–Crippen LogP) is 3.23. The lowest BCUT2D eigenvalue weighted by Crippen LogP contribution is -2.30. The summed E-state index contributed by atoms with van der Waals surface area (Å²) in [7, 11) is -2.29. The van der Waals surface area contributed by atoms with Gasteiger partial charge in [0.25, 0.3) is 5.91 Å². The van der Waals surface area contributed by atoms with Crippen LogP contribution in [0.4, 0.5) is 5.69 Å². The maximum absolute atomic E-state index is 13.5. The number of hydrogen-bond acceptors (Lipinski definition) is 8. The van der Waals surface area contributed by atoms with E-state index in [4.69, 9.17) is 14.5 Å². The Morgan fingerprint density at radius 1 is 1.18 bits per heavy atom. The van der Waals surface area contributed by atoms with Crippen LogP contribution in [0.1, 0.15) is 61.1 Å². The number of rotatable bonds is 12. The number of hydrogen-bond donors (Lipinski definition) is 3. The highest BCUT2D eigenvalue weighted by atomic mass is 32.2. The third kappa shape index (κ3) is 6.08. The molecule has 1 aliphatic carbocycles. The van der Waals surface area contributed by atoms with Crippen LogP contribution in [-0.4, -0.2) is 62.0 Å². The van der Waals surface area contributed by atoms with Gasteiger partial charge in [-0.2, -0.15) is 5.10 Å². The van der Waals surface area contributed by atoms with Crippen LogP contribution in [-0.2, 0) is 34.3 Å². The lowest BCUT2D eigenvalue weighted by Gasteiger charge is -2.26. The Balaban J connectivity index is 1.44. The molecule has 1 amide bonds. The molecule has 5 rings (SSSR count). The highest BCUT2D eigenvalue weighted by molar-refractivity contribution is 7.89. The zero-order valence-electron chi connectivity index (χ0n) is 23.3. The van der Waals surface area contributed by atoms with E-state index in [0.717, 1.165) is 53.7 Å². The van der Waals surface area contributed by atoms with E-state index in [2.05, 4.69) is 20.5 Å². The molecule has 0 unspecified atom stereocenters. The van der Waals surface area contributed by atoms with Gasteiger partial charge in [-0.25, -0.2) is 22.8 Å². The maximum Gasteiger partial charge on any atom is 0.255 e. The molecule has 2 aliphatic rings. The number of sulfonamides is 1. The normalized spacial score (nSPS) is 16.3. The molecule has 0 bridgehead atoms. The number of fused-ring (bicyclic) bond motifs is 1. The SMILES string of the molecule is CCc1nc2c(cnn2CC)c(NC2CCOCC2)c1CNC(=O)c1cc(S(=O)(=O)NCC2CC2)ccc1OC. The number of amides is 1. The summed E-state index contributed by atoms with van der Waals surface area (Å²) in [5, 5.41) is 12.2. The minimum absolute atomic E-state index is 0.0327. The van der Waals surface area contributed by atoms with Gasteiger partial charge >= 0.3 is 0 Å². The van der Waals surface area contributed by atoms with Gasteiger partial charge in [0.05, 0.1) is 34.8 Å². The molecule has 3 aromatic rings. The van der Waals surface area contributed by atoms with Crippen LogP contribution in [0, 0.1) is 5.92 Å². The molecule has 40 heavy (non-hydrogen) atoms. The number of pyridine rings is 1. The second-order valence-electron chi connectivity index (χ2n) is 10.3. The van der Waals surface area contributed by atoms with Crippen LogP contribution in [0.5, 0.6) is 5.75 Å². The van der Waals surface area contributed by atoms with Gasteiger partial charge in [-0.3, -0.25) is 4.79 Å². The molecular formula is C28H38N6O5S. The fourth-order valence-electron chi connectivity index (χ4n) is 5.03. The summed E-state index contributed by atoms with van der Waals surface area (Å²) < 4.78 is 41.2. The van der Waals surface area contributed by atoms with Gasteiger partial charge in [0, 0.05) is 50.1 Å². The van der Waals surface area contributed by atoms with E-state index in [1.54, 1.807) is 0 Å². The van der Waals surface area contributed by atoms with Crippen molar-refractivity contribution >= 4 is 32.7 Å². The van der Waals surface area contributed by atoms with Crippen molar-refractivity contribution in [1.82, 2.24) is 24.8 Å². The van der Waals surface area contributed by atoms with Crippen LogP contribution < -0.4 is 20.1 Å². The summed E-state index contributed by atoms with van der Waals surface area (Å²) in [5.74, 6) is 0.259. The minimum Gasteiger partial charge on any atom is -0.496 e. The van der Waals surface area contributed by atoms with Crippen molar-refractivity contribution in [2.45, 2.75) is 70.0 Å². The van der Waals surface area contributed by atoms with Crippen LogP contribution in [0.3, 0.4) is 0 Å². The van der Waals surface area contributed by atoms with Crippen molar-refractivity contribution in [2.24, 2.45) is 5.92 Å². The molecule has 3 N–H and O–H groups in total. The van der Waals surface area contributed by atoms with Crippen molar-refractivity contribution in [3.05, 3.63) is 41.2 Å². The molecule has 11 nitrogen and oxygen atoms in total. The van der Waals surface area contributed by atoms with E-state index < -0.39 is 15.9 Å². The van der Waals surface area contributed by atoms with Gasteiger partial charge in [0.15, 0.2) is 5.65 Å². The Morgan fingerprint density at radius 3 is 2.62 bits per heavy atom. The number of nitrogens with one attached hydrogen (secondary N) is 3. The Labute approximate surface area is 235 Å². The number of carbonyl (C=O) groups is 1. The van der Waals surface area contributed by atoms with E-state index >= 15 is 0 Å². The molecule has 0 radical (unpaired) electrons. The molecule has 1 saturated heterocycles. The number of ether oxygens (including phenoxy) is 2. The number of aromatic nitrogens is 3. The lowest BCUT2D eigenvalue weighted by atomic mass is 10.0. The van der Waals surface area contributed by atoms with Crippen LogP contribution >= 0.6 is 0 Å². The van der Waals surface area contributed by atoms with Gasteiger partial charge in [0.1, 0.15) is 5.75 Å². The number of nitrogens with zero attached hydrogens (tertiary/aromatic N) is 3. The lowest BCUT2D eigenvalue weighted by molar-refractivity contribution is 0.0904. The number of carbonyl (C=O) groups excluding carboxylic acids is 1. The van der Waals surface area contributed by atoms with Gasteiger partial charge < -0.3 is 20.1 Å². The molecule has 2 aromatic heterocycles. The first-order valence-electron chi connectivity index (χ1n) is 14.0. The summed E-state index contributed by atoms with van der Waals surface area (Å²) >= 11 is 0. The molecular weight excluding hydrogens is 532 g/mol. The molecule has 12 heteroatoms. The van der Waals surface area contributed by atoms with Gasteiger partial charge in [0.2, 0.25) is 10.0 Å². The van der Waals surface area contributed by atoms with Gasteiger partial charge in [-0.1, -0.05) is 6.92 Å². The molecule has 0 atom stereocenters. The van der Waals surface area contributed by atoms with Crippen molar-refractivity contribution in [1.29, 1.82) is 0 Å². The van der Waals surface area contributed by atoms with Gasteiger partial charge in [-0.05, 0) is 63.1 Å². The van der Waals surface area contributed by atoms with E-state index in [1.165, 1.54) is 25.3 Å². The van der Waals surface area contributed by atoms with Gasteiger partial charge in [-0.15, -0.1) is 0 Å². The zero-order valence-corrected chi connectivity index (χ0v) is 24.1.